The van der Waals surface area contributed by atoms with E-state index in [-0.39, 0.29) is 5.91 Å². The van der Waals surface area contributed by atoms with E-state index in [1.54, 1.807) is 36.9 Å². The highest BCUT2D eigenvalue weighted by molar-refractivity contribution is 7.07. The minimum absolute atomic E-state index is 0.123. The lowest BCUT2D eigenvalue weighted by atomic mass is 10.2. The zero-order valence-corrected chi connectivity index (χ0v) is 14.6. The normalized spacial score (nSPS) is 10.3. The number of carbonyl (C=O) groups excluding carboxylic acids is 1. The molecule has 0 fully saturated rings. The van der Waals surface area contributed by atoms with Crippen molar-refractivity contribution >= 4 is 17.2 Å². The van der Waals surface area contributed by atoms with Gasteiger partial charge in [-0.1, -0.05) is 12.1 Å². The van der Waals surface area contributed by atoms with E-state index in [0.717, 1.165) is 17.0 Å². The molecule has 3 aromatic rings. The van der Waals surface area contributed by atoms with Gasteiger partial charge in [-0.2, -0.15) is 0 Å². The van der Waals surface area contributed by atoms with Gasteiger partial charge >= 0.3 is 0 Å². The van der Waals surface area contributed by atoms with Crippen molar-refractivity contribution < 1.29 is 14.3 Å². The molecule has 0 saturated carbocycles. The van der Waals surface area contributed by atoms with E-state index in [4.69, 9.17) is 9.47 Å². The quantitative estimate of drug-likeness (QED) is 0.703. The largest absolute Gasteiger partial charge is 0.497 e. The van der Waals surface area contributed by atoms with Gasteiger partial charge in [-0.3, -0.25) is 4.79 Å². The Bertz CT molecular complexity index is 800. The molecule has 0 spiro atoms. The molecule has 6 heteroatoms. The van der Waals surface area contributed by atoms with Crippen molar-refractivity contribution in [1.82, 2.24) is 10.3 Å². The highest BCUT2D eigenvalue weighted by Gasteiger charge is 2.06. The number of ether oxygens (including phenoxy) is 2. The minimum atomic E-state index is -0.123. The van der Waals surface area contributed by atoms with Crippen LogP contribution in [-0.2, 0) is 13.2 Å². The summed E-state index contributed by atoms with van der Waals surface area (Å²) < 4.78 is 10.8. The number of rotatable bonds is 7. The van der Waals surface area contributed by atoms with Crippen LogP contribution in [0.3, 0.4) is 0 Å². The van der Waals surface area contributed by atoms with Gasteiger partial charge < -0.3 is 14.8 Å². The van der Waals surface area contributed by atoms with Crippen LogP contribution in [0.2, 0.25) is 0 Å². The first-order valence-electron chi connectivity index (χ1n) is 7.75. The van der Waals surface area contributed by atoms with Crippen LogP contribution in [0.1, 0.15) is 21.6 Å². The molecule has 0 aliphatic heterocycles. The number of amides is 1. The molecule has 1 amide bonds. The molecular weight excluding hydrogens is 336 g/mol. The number of benzene rings is 2. The van der Waals surface area contributed by atoms with Crippen LogP contribution in [0.4, 0.5) is 0 Å². The number of thiazole rings is 1. The number of hydrogen-bond acceptors (Lipinski definition) is 5. The Labute approximate surface area is 150 Å². The van der Waals surface area contributed by atoms with Crippen molar-refractivity contribution in [3.8, 4) is 11.5 Å². The fourth-order valence-electron chi connectivity index (χ4n) is 2.20. The predicted octanol–water partition coefficient (Wildman–Crippen LogP) is 3.66. The maximum atomic E-state index is 12.2. The van der Waals surface area contributed by atoms with Crippen LogP contribution in [0.25, 0.3) is 0 Å². The summed E-state index contributed by atoms with van der Waals surface area (Å²) in [6.45, 7) is 0.886. The topological polar surface area (TPSA) is 60.5 Å². The highest BCUT2D eigenvalue weighted by Crippen LogP contribution is 2.15. The number of nitrogens with one attached hydrogen (secondary N) is 1. The fraction of sp³-hybridized carbons (Fsp3) is 0.158. The number of hydrogen-bond donors (Lipinski definition) is 1. The molecule has 1 aromatic heterocycles. The lowest BCUT2D eigenvalue weighted by Crippen LogP contribution is -2.22. The third-order valence-corrected chi connectivity index (χ3v) is 4.23. The van der Waals surface area contributed by atoms with Crippen LogP contribution < -0.4 is 14.8 Å². The molecule has 0 aliphatic carbocycles. The standard InChI is InChI=1S/C19H18N2O3S/c1-23-17-6-2-14(3-7-17)10-20-19(22)15-4-8-18(9-5-15)24-11-16-12-25-13-21-16/h2-9,12-13H,10-11H2,1H3,(H,20,22). The minimum Gasteiger partial charge on any atom is -0.497 e. The lowest BCUT2D eigenvalue weighted by Gasteiger charge is -2.08. The van der Waals surface area contributed by atoms with Gasteiger partial charge in [0.25, 0.3) is 5.91 Å². The van der Waals surface area contributed by atoms with Gasteiger partial charge in [0.1, 0.15) is 18.1 Å². The number of aromatic nitrogens is 1. The Morgan fingerprint density at radius 3 is 2.44 bits per heavy atom. The molecule has 0 unspecified atom stereocenters. The summed E-state index contributed by atoms with van der Waals surface area (Å²) in [5.74, 6) is 1.38. The van der Waals surface area contributed by atoms with Crippen LogP contribution in [0, 0.1) is 0 Å². The van der Waals surface area contributed by atoms with Crippen molar-refractivity contribution in [1.29, 1.82) is 0 Å². The second-order valence-electron chi connectivity index (χ2n) is 5.32. The molecule has 25 heavy (non-hydrogen) atoms. The molecule has 0 atom stereocenters. The van der Waals surface area contributed by atoms with Gasteiger partial charge in [-0.25, -0.2) is 4.98 Å². The van der Waals surface area contributed by atoms with Gasteiger partial charge in [0, 0.05) is 17.5 Å². The number of carbonyl (C=O) groups is 1. The zero-order valence-electron chi connectivity index (χ0n) is 13.8. The Morgan fingerprint density at radius 2 is 1.80 bits per heavy atom. The van der Waals surface area contributed by atoms with E-state index in [2.05, 4.69) is 10.3 Å². The molecule has 1 heterocycles. The van der Waals surface area contributed by atoms with Gasteiger partial charge in [0.05, 0.1) is 18.3 Å². The van der Waals surface area contributed by atoms with E-state index < -0.39 is 0 Å². The number of methoxy groups -OCH3 is 1. The molecule has 0 saturated heterocycles. The Kier molecular flexibility index (Phi) is 5.64. The van der Waals surface area contributed by atoms with Crippen LogP contribution >= 0.6 is 11.3 Å². The molecule has 0 radical (unpaired) electrons. The Hall–Kier alpha value is -2.86. The second-order valence-corrected chi connectivity index (χ2v) is 6.04. The molecule has 0 aliphatic rings. The average Bonchev–Trinajstić information content (AvgIpc) is 3.19. The first kappa shape index (κ1) is 17.0. The monoisotopic (exact) mass is 354 g/mol. The number of nitrogens with zero attached hydrogens (tertiary/aromatic N) is 1. The predicted molar refractivity (Wildman–Crippen MR) is 97.1 cm³/mol. The maximum Gasteiger partial charge on any atom is 0.251 e. The van der Waals surface area contributed by atoms with Crippen molar-refractivity contribution in [3.05, 3.63) is 76.2 Å². The highest BCUT2D eigenvalue weighted by atomic mass is 32.1. The van der Waals surface area contributed by atoms with E-state index in [0.29, 0.717) is 24.5 Å². The van der Waals surface area contributed by atoms with E-state index in [9.17, 15) is 4.79 Å². The van der Waals surface area contributed by atoms with E-state index >= 15 is 0 Å². The lowest BCUT2D eigenvalue weighted by molar-refractivity contribution is 0.0951. The van der Waals surface area contributed by atoms with E-state index in [1.165, 1.54) is 11.3 Å². The second kappa shape index (κ2) is 8.30. The van der Waals surface area contributed by atoms with Crippen molar-refractivity contribution in [2.45, 2.75) is 13.2 Å². The Balaban J connectivity index is 1.51. The molecule has 0 bridgehead atoms. The summed E-state index contributed by atoms with van der Waals surface area (Å²) in [4.78, 5) is 16.4. The molecule has 2 aromatic carbocycles. The first-order chi connectivity index (χ1) is 12.2. The summed E-state index contributed by atoms with van der Waals surface area (Å²) in [6.07, 6.45) is 0. The molecule has 1 N–H and O–H groups in total. The smallest absolute Gasteiger partial charge is 0.251 e. The maximum absolute atomic E-state index is 12.2. The summed E-state index contributed by atoms with van der Waals surface area (Å²) in [5.41, 5.74) is 4.27. The van der Waals surface area contributed by atoms with Crippen LogP contribution in [0.15, 0.2) is 59.4 Å². The first-order valence-corrected chi connectivity index (χ1v) is 8.70. The average molecular weight is 354 g/mol. The third kappa shape index (κ3) is 4.81. The van der Waals surface area contributed by atoms with Crippen molar-refractivity contribution in [3.63, 3.8) is 0 Å². The summed E-state index contributed by atoms with van der Waals surface area (Å²) in [5, 5.41) is 4.84. The zero-order chi connectivity index (χ0) is 17.5. The van der Waals surface area contributed by atoms with E-state index in [1.807, 2.05) is 29.6 Å². The summed E-state index contributed by atoms with van der Waals surface area (Å²) in [6, 6.07) is 14.7. The molecule has 5 nitrogen and oxygen atoms in total. The van der Waals surface area contributed by atoms with Gasteiger partial charge in [0.2, 0.25) is 0 Å². The van der Waals surface area contributed by atoms with Crippen molar-refractivity contribution in [2.24, 2.45) is 0 Å². The van der Waals surface area contributed by atoms with Crippen molar-refractivity contribution in [2.75, 3.05) is 7.11 Å². The van der Waals surface area contributed by atoms with Gasteiger partial charge in [0.15, 0.2) is 0 Å². The molecular formula is C19H18N2O3S. The summed E-state index contributed by atoms with van der Waals surface area (Å²) >= 11 is 1.54. The third-order valence-electron chi connectivity index (χ3n) is 3.60. The molecule has 128 valence electrons. The SMILES string of the molecule is COc1ccc(CNC(=O)c2ccc(OCc3cscn3)cc2)cc1. The van der Waals surface area contributed by atoms with Crippen LogP contribution in [-0.4, -0.2) is 18.0 Å². The van der Waals surface area contributed by atoms with Crippen LogP contribution in [0.5, 0.6) is 11.5 Å². The molecule has 3 rings (SSSR count). The summed E-state index contributed by atoms with van der Waals surface area (Å²) in [7, 11) is 1.63. The fourth-order valence-corrected chi connectivity index (χ4v) is 2.74. The van der Waals surface area contributed by atoms with Gasteiger partial charge in [-0.05, 0) is 42.0 Å². The Morgan fingerprint density at radius 1 is 1.08 bits per heavy atom. The van der Waals surface area contributed by atoms with Gasteiger partial charge in [-0.15, -0.1) is 11.3 Å².